The SMILES string of the molecule is Cn1nnnc1Sc1nc2ccccc2nc1N. The van der Waals surface area contributed by atoms with E-state index in [9.17, 15) is 0 Å². The van der Waals surface area contributed by atoms with Crippen molar-refractivity contribution in [3.05, 3.63) is 24.3 Å². The Morgan fingerprint density at radius 2 is 1.89 bits per heavy atom. The van der Waals surface area contributed by atoms with Crippen LogP contribution < -0.4 is 5.73 Å². The lowest BCUT2D eigenvalue weighted by molar-refractivity contribution is 0.664. The third-order valence-electron chi connectivity index (χ3n) is 2.33. The number of para-hydroxylation sites is 2. The summed E-state index contributed by atoms with van der Waals surface area (Å²) in [4.78, 5) is 8.76. The largest absolute Gasteiger partial charge is 0.381 e. The third-order valence-corrected chi connectivity index (χ3v) is 3.36. The maximum Gasteiger partial charge on any atom is 0.215 e. The van der Waals surface area contributed by atoms with Crippen LogP contribution in [0.3, 0.4) is 0 Å². The van der Waals surface area contributed by atoms with Crippen LogP contribution in [0.1, 0.15) is 0 Å². The van der Waals surface area contributed by atoms with Gasteiger partial charge in [0.05, 0.1) is 11.0 Å². The highest BCUT2D eigenvalue weighted by Crippen LogP contribution is 2.28. The van der Waals surface area contributed by atoms with Crippen molar-refractivity contribution in [2.24, 2.45) is 7.05 Å². The number of hydrogen-bond acceptors (Lipinski definition) is 7. The van der Waals surface area contributed by atoms with E-state index in [0.29, 0.717) is 16.0 Å². The average molecular weight is 259 g/mol. The van der Waals surface area contributed by atoms with Gasteiger partial charge in [0.25, 0.3) is 0 Å². The topological polar surface area (TPSA) is 95.4 Å². The Labute approximate surface area is 106 Å². The summed E-state index contributed by atoms with van der Waals surface area (Å²) >= 11 is 1.29. The highest BCUT2D eigenvalue weighted by molar-refractivity contribution is 7.99. The number of hydrogen-bond donors (Lipinski definition) is 1. The minimum absolute atomic E-state index is 0.377. The zero-order chi connectivity index (χ0) is 12.5. The van der Waals surface area contributed by atoms with Gasteiger partial charge < -0.3 is 5.73 Å². The van der Waals surface area contributed by atoms with Crippen LogP contribution in [0.5, 0.6) is 0 Å². The molecule has 0 atom stereocenters. The Morgan fingerprint density at radius 1 is 1.17 bits per heavy atom. The molecule has 2 N–H and O–H groups in total. The first-order chi connectivity index (χ1) is 8.74. The van der Waals surface area contributed by atoms with Gasteiger partial charge in [-0.2, -0.15) is 0 Å². The number of nitrogen functional groups attached to an aromatic ring is 1. The van der Waals surface area contributed by atoms with Crippen molar-refractivity contribution in [1.29, 1.82) is 0 Å². The van der Waals surface area contributed by atoms with E-state index in [1.807, 2.05) is 24.3 Å². The Bertz CT molecular complexity index is 708. The molecule has 0 aliphatic carbocycles. The molecule has 90 valence electrons. The van der Waals surface area contributed by atoms with Gasteiger partial charge in [-0.05, 0) is 34.3 Å². The summed E-state index contributed by atoms with van der Waals surface area (Å²) in [6.07, 6.45) is 0. The maximum atomic E-state index is 5.88. The summed E-state index contributed by atoms with van der Waals surface area (Å²) in [7, 11) is 1.76. The Balaban J connectivity index is 2.06. The van der Waals surface area contributed by atoms with Crippen LogP contribution in [0, 0.1) is 0 Å². The molecule has 8 heteroatoms. The number of fused-ring (bicyclic) bond motifs is 1. The zero-order valence-corrected chi connectivity index (χ0v) is 10.3. The molecule has 0 aliphatic rings. The molecule has 0 amide bonds. The summed E-state index contributed by atoms with van der Waals surface area (Å²) in [6.45, 7) is 0. The third kappa shape index (κ3) is 1.86. The number of aromatic nitrogens is 6. The molecule has 0 unspecified atom stereocenters. The number of anilines is 1. The fourth-order valence-electron chi connectivity index (χ4n) is 1.47. The maximum absolute atomic E-state index is 5.88. The number of tetrazole rings is 1. The van der Waals surface area contributed by atoms with Crippen molar-refractivity contribution in [2.45, 2.75) is 10.2 Å². The van der Waals surface area contributed by atoms with Gasteiger partial charge in [0.1, 0.15) is 5.03 Å². The first-order valence-electron chi connectivity index (χ1n) is 5.16. The van der Waals surface area contributed by atoms with E-state index in [2.05, 4.69) is 25.5 Å². The van der Waals surface area contributed by atoms with Crippen LogP contribution in [0.25, 0.3) is 11.0 Å². The van der Waals surface area contributed by atoms with Gasteiger partial charge in [0, 0.05) is 7.05 Å². The Morgan fingerprint density at radius 3 is 2.56 bits per heavy atom. The molecule has 1 aromatic carbocycles. The molecule has 0 aliphatic heterocycles. The number of benzene rings is 1. The van der Waals surface area contributed by atoms with E-state index in [0.717, 1.165) is 11.0 Å². The summed E-state index contributed by atoms with van der Waals surface area (Å²) in [5.74, 6) is 0.377. The molecule has 3 aromatic rings. The second-order valence-corrected chi connectivity index (χ2v) is 4.55. The predicted molar refractivity (Wildman–Crippen MR) is 66.9 cm³/mol. The molecular formula is C10H9N7S. The highest BCUT2D eigenvalue weighted by atomic mass is 32.2. The molecule has 2 aromatic heterocycles. The zero-order valence-electron chi connectivity index (χ0n) is 9.48. The lowest BCUT2D eigenvalue weighted by atomic mass is 10.3. The number of nitrogens with zero attached hydrogens (tertiary/aromatic N) is 6. The van der Waals surface area contributed by atoms with Crippen LogP contribution in [0.15, 0.2) is 34.4 Å². The summed E-state index contributed by atoms with van der Waals surface area (Å²) < 4.78 is 1.56. The van der Waals surface area contributed by atoms with Gasteiger partial charge in [0.2, 0.25) is 5.16 Å². The average Bonchev–Trinajstić information content (AvgIpc) is 2.76. The molecule has 2 heterocycles. The first-order valence-corrected chi connectivity index (χ1v) is 5.98. The van der Waals surface area contributed by atoms with Crippen LogP contribution >= 0.6 is 11.8 Å². The Kier molecular flexibility index (Phi) is 2.56. The lowest BCUT2D eigenvalue weighted by Gasteiger charge is -2.04. The summed E-state index contributed by atoms with van der Waals surface area (Å²) in [5, 5.41) is 12.4. The molecule has 0 spiro atoms. The standard InChI is InChI=1S/C10H9N7S/c1-17-10(14-15-16-17)18-9-8(11)12-6-4-2-3-5-7(6)13-9/h2-5H,1H3,(H2,11,12). The van der Waals surface area contributed by atoms with Crippen molar-refractivity contribution in [2.75, 3.05) is 5.73 Å². The second kappa shape index (κ2) is 4.22. The van der Waals surface area contributed by atoms with E-state index < -0.39 is 0 Å². The van der Waals surface area contributed by atoms with Crippen LogP contribution in [0.2, 0.25) is 0 Å². The van der Waals surface area contributed by atoms with Gasteiger partial charge in [-0.25, -0.2) is 14.6 Å². The highest BCUT2D eigenvalue weighted by Gasteiger charge is 2.11. The van der Waals surface area contributed by atoms with Crippen LogP contribution in [-0.2, 0) is 7.05 Å². The smallest absolute Gasteiger partial charge is 0.215 e. The molecular weight excluding hydrogens is 250 g/mol. The van der Waals surface area contributed by atoms with Crippen LogP contribution in [-0.4, -0.2) is 30.2 Å². The van der Waals surface area contributed by atoms with Crippen molar-refractivity contribution in [3.8, 4) is 0 Å². The van der Waals surface area contributed by atoms with E-state index >= 15 is 0 Å². The molecule has 0 bridgehead atoms. The molecule has 0 saturated carbocycles. The van der Waals surface area contributed by atoms with Crippen molar-refractivity contribution in [1.82, 2.24) is 30.2 Å². The van der Waals surface area contributed by atoms with Gasteiger partial charge in [-0.1, -0.05) is 12.1 Å². The number of nitrogens with two attached hydrogens (primary N) is 1. The van der Waals surface area contributed by atoms with E-state index in [1.165, 1.54) is 11.8 Å². The minimum Gasteiger partial charge on any atom is -0.381 e. The van der Waals surface area contributed by atoms with Gasteiger partial charge in [-0.3, -0.25) is 0 Å². The fourth-order valence-corrected chi connectivity index (χ4v) is 2.18. The number of rotatable bonds is 2. The quantitative estimate of drug-likeness (QED) is 0.730. The molecule has 0 fully saturated rings. The normalized spacial score (nSPS) is 10.9. The molecule has 0 saturated heterocycles. The molecule has 3 rings (SSSR count). The van der Waals surface area contributed by atoms with Crippen molar-refractivity contribution < 1.29 is 0 Å². The van der Waals surface area contributed by atoms with Crippen molar-refractivity contribution in [3.63, 3.8) is 0 Å². The molecule has 18 heavy (non-hydrogen) atoms. The van der Waals surface area contributed by atoms with Crippen molar-refractivity contribution >= 4 is 28.6 Å². The van der Waals surface area contributed by atoms with E-state index in [-0.39, 0.29) is 0 Å². The fraction of sp³-hybridized carbons (Fsp3) is 0.100. The lowest BCUT2D eigenvalue weighted by Crippen LogP contribution is -1.99. The van der Waals surface area contributed by atoms with Gasteiger partial charge in [-0.15, -0.1) is 5.10 Å². The summed E-state index contributed by atoms with van der Waals surface area (Å²) in [5.41, 5.74) is 7.45. The van der Waals surface area contributed by atoms with E-state index in [4.69, 9.17) is 5.73 Å². The number of aryl methyl sites for hydroxylation is 1. The predicted octanol–water partition coefficient (Wildman–Crippen LogP) is 0.887. The molecule has 0 radical (unpaired) electrons. The minimum atomic E-state index is 0.377. The van der Waals surface area contributed by atoms with E-state index in [1.54, 1.807) is 11.7 Å². The van der Waals surface area contributed by atoms with Gasteiger partial charge >= 0.3 is 0 Å². The van der Waals surface area contributed by atoms with Gasteiger partial charge in [0.15, 0.2) is 5.82 Å². The molecule has 7 nitrogen and oxygen atoms in total. The van der Waals surface area contributed by atoms with Crippen LogP contribution in [0.4, 0.5) is 5.82 Å². The Hall–Kier alpha value is -2.22. The monoisotopic (exact) mass is 259 g/mol. The first kappa shape index (κ1) is 10.9. The second-order valence-electron chi connectivity index (χ2n) is 3.59. The summed E-state index contributed by atoms with van der Waals surface area (Å²) in [6, 6.07) is 7.57.